The molecule has 2 aliphatic heterocycles. The largest absolute Gasteiger partial charge is 0.465 e. The predicted molar refractivity (Wildman–Crippen MR) is 124 cm³/mol. The molecule has 1 N–H and O–H groups in total. The van der Waals surface area contributed by atoms with Crippen LogP contribution in [0.1, 0.15) is 39.3 Å². The summed E-state index contributed by atoms with van der Waals surface area (Å²) in [6, 6.07) is 15.2. The van der Waals surface area contributed by atoms with Gasteiger partial charge in [-0.15, -0.1) is 0 Å². The van der Waals surface area contributed by atoms with Gasteiger partial charge in [-0.1, -0.05) is 6.07 Å². The molecule has 2 aromatic carbocycles. The Morgan fingerprint density at radius 2 is 1.91 bits per heavy atom. The van der Waals surface area contributed by atoms with Crippen molar-refractivity contribution < 1.29 is 28.3 Å². The molecule has 0 saturated carbocycles. The van der Waals surface area contributed by atoms with Crippen LogP contribution in [-0.2, 0) is 9.53 Å². The molecule has 5 rings (SSSR count). The Morgan fingerprint density at radius 3 is 2.71 bits per heavy atom. The minimum absolute atomic E-state index is 0.107. The fourth-order valence-electron chi connectivity index (χ4n) is 3.99. The van der Waals surface area contributed by atoms with Gasteiger partial charge in [-0.3, -0.25) is 19.3 Å². The molecule has 34 heavy (non-hydrogen) atoms. The van der Waals surface area contributed by atoms with Gasteiger partial charge >= 0.3 is 0 Å². The van der Waals surface area contributed by atoms with E-state index < -0.39 is 0 Å². The molecular weight excluding hydrogens is 436 g/mol. The predicted octanol–water partition coefficient (Wildman–Crippen LogP) is 4.50. The van der Waals surface area contributed by atoms with Gasteiger partial charge in [-0.05, 0) is 61.4 Å². The summed E-state index contributed by atoms with van der Waals surface area (Å²) in [6.45, 7) is 0.921. The van der Waals surface area contributed by atoms with Gasteiger partial charge in [0.25, 0.3) is 11.8 Å². The quantitative estimate of drug-likeness (QED) is 0.414. The van der Waals surface area contributed by atoms with Gasteiger partial charge in [0.2, 0.25) is 5.91 Å². The van der Waals surface area contributed by atoms with Crippen LogP contribution in [0, 0.1) is 0 Å². The number of rotatable bonds is 7. The fourth-order valence-corrected chi connectivity index (χ4v) is 3.99. The Hall–Kier alpha value is -4.17. The van der Waals surface area contributed by atoms with E-state index in [2.05, 4.69) is 5.32 Å². The number of nitrogens with one attached hydrogen (secondary N) is 1. The summed E-state index contributed by atoms with van der Waals surface area (Å²) in [5, 5.41) is 2.76. The molecule has 3 aromatic rings. The number of hydrogen-bond donors (Lipinski definition) is 1. The molecule has 1 saturated heterocycles. The third-order valence-corrected chi connectivity index (χ3v) is 5.63. The van der Waals surface area contributed by atoms with E-state index in [1.807, 2.05) is 0 Å². The van der Waals surface area contributed by atoms with Crippen LogP contribution in [0.5, 0.6) is 11.5 Å². The van der Waals surface area contributed by atoms with Gasteiger partial charge in [0, 0.05) is 24.4 Å². The van der Waals surface area contributed by atoms with Crippen molar-refractivity contribution in [1.29, 1.82) is 0 Å². The number of carbonyl (C=O) groups excluding carboxylic acids is 3. The van der Waals surface area contributed by atoms with Crippen LogP contribution < -0.4 is 10.1 Å². The van der Waals surface area contributed by atoms with Gasteiger partial charge in [0.05, 0.1) is 30.0 Å². The highest BCUT2D eigenvalue weighted by Gasteiger charge is 2.37. The molecule has 0 radical (unpaired) electrons. The molecule has 2 aliphatic rings. The third-order valence-electron chi connectivity index (χ3n) is 5.63. The van der Waals surface area contributed by atoms with Gasteiger partial charge in [0.15, 0.2) is 0 Å². The zero-order valence-electron chi connectivity index (χ0n) is 18.2. The maximum Gasteiger partial charge on any atom is 0.261 e. The average molecular weight is 458 g/mol. The number of imide groups is 1. The number of nitrogens with zero attached hydrogens (tertiary/aromatic N) is 1. The first-order chi connectivity index (χ1) is 16.6. The lowest BCUT2D eigenvalue weighted by atomic mass is 10.1. The third kappa shape index (κ3) is 4.62. The maximum absolute atomic E-state index is 12.9. The van der Waals surface area contributed by atoms with Crippen molar-refractivity contribution in [2.45, 2.75) is 18.9 Å². The lowest BCUT2D eigenvalue weighted by Crippen LogP contribution is -2.36. The molecule has 8 heteroatoms. The molecule has 1 aromatic heterocycles. The number of ether oxygens (including phenoxy) is 2. The molecular formula is C26H22N2O6. The Bertz CT molecular complexity index is 1260. The maximum atomic E-state index is 12.9. The first kappa shape index (κ1) is 21.7. The van der Waals surface area contributed by atoms with E-state index in [1.165, 1.54) is 17.2 Å². The molecule has 172 valence electrons. The van der Waals surface area contributed by atoms with E-state index in [-0.39, 0.29) is 30.4 Å². The number of carbonyl (C=O) groups is 3. The second-order valence-electron chi connectivity index (χ2n) is 8.03. The average Bonchev–Trinajstić information content (AvgIpc) is 3.58. The second-order valence-corrected chi connectivity index (χ2v) is 8.03. The Labute approximate surface area is 195 Å². The van der Waals surface area contributed by atoms with Gasteiger partial charge < -0.3 is 19.2 Å². The minimum Gasteiger partial charge on any atom is -0.465 e. The summed E-state index contributed by atoms with van der Waals surface area (Å²) < 4.78 is 16.6. The molecule has 1 atom stereocenters. The molecule has 0 aliphatic carbocycles. The number of amides is 3. The van der Waals surface area contributed by atoms with Crippen LogP contribution in [0.15, 0.2) is 71.4 Å². The van der Waals surface area contributed by atoms with E-state index in [4.69, 9.17) is 13.9 Å². The van der Waals surface area contributed by atoms with Crippen molar-refractivity contribution in [1.82, 2.24) is 4.90 Å². The van der Waals surface area contributed by atoms with Crippen molar-refractivity contribution >= 4 is 29.5 Å². The monoisotopic (exact) mass is 458 g/mol. The summed E-state index contributed by atoms with van der Waals surface area (Å²) in [5.41, 5.74) is 1.22. The Kier molecular flexibility index (Phi) is 5.97. The first-order valence-electron chi connectivity index (χ1n) is 11.0. The Morgan fingerprint density at radius 1 is 1.06 bits per heavy atom. The molecule has 1 fully saturated rings. The van der Waals surface area contributed by atoms with Crippen molar-refractivity contribution in [2.24, 2.45) is 0 Å². The van der Waals surface area contributed by atoms with Crippen LogP contribution in [0.2, 0.25) is 0 Å². The summed E-state index contributed by atoms with van der Waals surface area (Å²) in [5.74, 6) is 0.494. The van der Waals surface area contributed by atoms with E-state index in [1.54, 1.807) is 60.7 Å². The molecule has 0 spiro atoms. The SMILES string of the molecule is O=C(/C=C/c1ccco1)Nc1cccc(Oc2ccc3c(c2)C(=O)N(CC2CCCO2)C3=O)c1. The number of fused-ring (bicyclic) bond motifs is 1. The highest BCUT2D eigenvalue weighted by molar-refractivity contribution is 6.21. The molecule has 1 unspecified atom stereocenters. The molecule has 0 bridgehead atoms. The number of anilines is 1. The van der Waals surface area contributed by atoms with E-state index in [9.17, 15) is 14.4 Å². The smallest absolute Gasteiger partial charge is 0.261 e. The second kappa shape index (κ2) is 9.36. The highest BCUT2D eigenvalue weighted by atomic mass is 16.5. The number of hydrogen-bond acceptors (Lipinski definition) is 6. The minimum atomic E-state index is -0.342. The summed E-state index contributed by atoms with van der Waals surface area (Å²) in [4.78, 5) is 39.0. The Balaban J connectivity index is 1.26. The lowest BCUT2D eigenvalue weighted by molar-refractivity contribution is -0.111. The normalized spacial score (nSPS) is 17.4. The van der Waals surface area contributed by atoms with E-state index in [0.717, 1.165) is 12.8 Å². The van der Waals surface area contributed by atoms with Crippen LogP contribution in [0.25, 0.3) is 6.08 Å². The van der Waals surface area contributed by atoms with Crippen molar-refractivity contribution in [3.8, 4) is 11.5 Å². The number of furan rings is 1. The zero-order valence-corrected chi connectivity index (χ0v) is 18.2. The van der Waals surface area contributed by atoms with Crippen molar-refractivity contribution in [3.05, 3.63) is 83.8 Å². The topological polar surface area (TPSA) is 98.1 Å². The van der Waals surface area contributed by atoms with E-state index >= 15 is 0 Å². The van der Waals surface area contributed by atoms with E-state index in [0.29, 0.717) is 40.7 Å². The standard InChI is InChI=1S/C26H22N2O6/c29-24(11-9-18-6-2-12-32-18)27-17-4-1-5-19(14-17)34-20-8-10-22-23(15-20)26(31)28(25(22)30)16-21-7-3-13-33-21/h1-2,4-6,8-12,14-15,21H,3,7,13,16H2,(H,27,29)/b11-9+. The van der Waals surface area contributed by atoms with Crippen LogP contribution in [0.4, 0.5) is 5.69 Å². The molecule has 8 nitrogen and oxygen atoms in total. The zero-order chi connectivity index (χ0) is 23.5. The summed E-state index contributed by atoms with van der Waals surface area (Å²) in [7, 11) is 0. The molecule has 3 amide bonds. The first-order valence-corrected chi connectivity index (χ1v) is 11.0. The van der Waals surface area contributed by atoms with Crippen molar-refractivity contribution in [3.63, 3.8) is 0 Å². The summed E-state index contributed by atoms with van der Waals surface area (Å²) in [6.07, 6.45) is 6.14. The van der Waals surface area contributed by atoms with Gasteiger partial charge in [0.1, 0.15) is 17.3 Å². The summed E-state index contributed by atoms with van der Waals surface area (Å²) >= 11 is 0. The molecule has 3 heterocycles. The van der Waals surface area contributed by atoms with Crippen molar-refractivity contribution in [2.75, 3.05) is 18.5 Å². The van der Waals surface area contributed by atoms with Gasteiger partial charge in [-0.25, -0.2) is 0 Å². The lowest BCUT2D eigenvalue weighted by Gasteiger charge is -2.17. The van der Waals surface area contributed by atoms with Crippen LogP contribution in [0.3, 0.4) is 0 Å². The van der Waals surface area contributed by atoms with Gasteiger partial charge in [-0.2, -0.15) is 0 Å². The van der Waals surface area contributed by atoms with Crippen LogP contribution >= 0.6 is 0 Å². The number of benzene rings is 2. The fraction of sp³-hybridized carbons (Fsp3) is 0.192. The highest BCUT2D eigenvalue weighted by Crippen LogP contribution is 2.31. The van der Waals surface area contributed by atoms with Crippen LogP contribution in [-0.4, -0.2) is 41.9 Å².